The van der Waals surface area contributed by atoms with Crippen molar-refractivity contribution in [2.45, 2.75) is 392 Å². The van der Waals surface area contributed by atoms with Gasteiger partial charge in [0.2, 0.25) is 0 Å². The Labute approximate surface area is 619 Å². The van der Waals surface area contributed by atoms with Gasteiger partial charge in [-0.15, -0.1) is 0 Å². The number of carbonyl (C=O) groups excluding carboxylic acids is 2. The first-order valence-electron chi connectivity index (χ1n) is 42.2. The summed E-state index contributed by atoms with van der Waals surface area (Å²) in [4.78, 5) is 38.2. The number of rotatable bonds is 78. The average Bonchev–Trinajstić information content (AvgIpc) is 1.65. The van der Waals surface area contributed by atoms with Crippen LogP contribution in [0.3, 0.4) is 0 Å². The van der Waals surface area contributed by atoms with Gasteiger partial charge in [0.15, 0.2) is 6.10 Å². The number of carbonyl (C=O) groups is 2. The Morgan fingerprint density at radius 1 is 0.320 bits per heavy atom. The minimum Gasteiger partial charge on any atom is -0.756 e. The molecule has 100 heavy (non-hydrogen) atoms. The highest BCUT2D eigenvalue weighted by Crippen LogP contribution is 2.38. The van der Waals surface area contributed by atoms with Crippen molar-refractivity contribution in [3.8, 4) is 0 Å². The summed E-state index contributed by atoms with van der Waals surface area (Å²) in [6.07, 6.45) is 115. The van der Waals surface area contributed by atoms with E-state index in [9.17, 15) is 19.0 Å². The summed E-state index contributed by atoms with van der Waals surface area (Å²) in [5, 5.41) is 0. The van der Waals surface area contributed by atoms with Crippen molar-refractivity contribution >= 4 is 19.8 Å². The lowest BCUT2D eigenvalue weighted by Crippen LogP contribution is -2.37. The third-order valence-electron chi connectivity index (χ3n) is 18.5. The SMILES string of the molecule is CC/C=C\C/C=C\C/C=C\C/C=C\C/C=C\C/C=C\C/C=C\C/C=C\C/C=C\C/C=C\CCCCCCC(=O)OC(COC(=O)CCCCCCCCCCCCCCCCCCCCCCCCCCCCCCCCCCCCCCCCCCC)COP(=O)([O-])OCC[N+](C)(C)C. The molecule has 0 rings (SSSR count). The second-order valence-electron chi connectivity index (χ2n) is 29.5. The first-order valence-corrected chi connectivity index (χ1v) is 43.7. The van der Waals surface area contributed by atoms with Crippen LogP contribution in [0.25, 0.3) is 0 Å². The van der Waals surface area contributed by atoms with Crippen molar-refractivity contribution < 1.29 is 42.1 Å². The summed E-state index contributed by atoms with van der Waals surface area (Å²) in [5.74, 6) is -0.856. The highest BCUT2D eigenvalue weighted by atomic mass is 31.2. The Morgan fingerprint density at radius 2 is 0.570 bits per heavy atom. The molecule has 0 radical (unpaired) electrons. The molecule has 10 heteroatoms. The molecule has 0 aromatic rings. The van der Waals surface area contributed by atoms with E-state index in [1.165, 1.54) is 244 Å². The molecule has 0 fully saturated rings. The lowest BCUT2D eigenvalue weighted by molar-refractivity contribution is -0.870. The quantitative estimate of drug-likeness (QED) is 0.0195. The summed E-state index contributed by atoms with van der Waals surface area (Å²) >= 11 is 0. The van der Waals surface area contributed by atoms with Gasteiger partial charge < -0.3 is 27.9 Å². The van der Waals surface area contributed by atoms with Crippen molar-refractivity contribution in [2.75, 3.05) is 47.5 Å². The number of ether oxygens (including phenoxy) is 2. The average molecular weight is 1420 g/mol. The van der Waals surface area contributed by atoms with Crippen LogP contribution >= 0.6 is 7.82 Å². The zero-order valence-corrected chi connectivity index (χ0v) is 67.0. The van der Waals surface area contributed by atoms with Gasteiger partial charge in [-0.05, 0) is 89.9 Å². The maximum atomic E-state index is 12.9. The summed E-state index contributed by atoms with van der Waals surface area (Å²) in [5.41, 5.74) is 0. The van der Waals surface area contributed by atoms with E-state index in [1.54, 1.807) is 0 Å². The van der Waals surface area contributed by atoms with Gasteiger partial charge in [0, 0.05) is 12.8 Å². The fourth-order valence-corrected chi connectivity index (χ4v) is 12.8. The van der Waals surface area contributed by atoms with E-state index in [0.29, 0.717) is 17.4 Å². The fourth-order valence-electron chi connectivity index (χ4n) is 12.1. The molecule has 0 heterocycles. The fraction of sp³-hybridized carbons (Fsp3) is 0.756. The Hall–Kier alpha value is -3.59. The molecule has 0 bridgehead atoms. The number of quaternary nitrogens is 1. The first-order chi connectivity index (χ1) is 49.0. The van der Waals surface area contributed by atoms with Gasteiger partial charge in [0.25, 0.3) is 7.82 Å². The number of unbranched alkanes of at least 4 members (excludes halogenated alkanes) is 44. The van der Waals surface area contributed by atoms with Crippen LogP contribution in [-0.2, 0) is 32.7 Å². The summed E-state index contributed by atoms with van der Waals surface area (Å²) < 4.78 is 34.4. The van der Waals surface area contributed by atoms with Crippen molar-refractivity contribution in [3.63, 3.8) is 0 Å². The molecule has 2 unspecified atom stereocenters. The van der Waals surface area contributed by atoms with Crippen LogP contribution in [0.5, 0.6) is 0 Å². The number of allylic oxidation sites excluding steroid dienone is 20. The minimum absolute atomic E-state index is 0.0407. The number of nitrogens with zero attached hydrogens (tertiary/aromatic N) is 1. The molecule has 0 aliphatic carbocycles. The molecule has 0 amide bonds. The molecule has 0 aliphatic heterocycles. The zero-order valence-electron chi connectivity index (χ0n) is 66.1. The molecule has 2 atom stereocenters. The highest BCUT2D eigenvalue weighted by molar-refractivity contribution is 7.45. The smallest absolute Gasteiger partial charge is 0.306 e. The van der Waals surface area contributed by atoms with E-state index in [-0.39, 0.29) is 32.0 Å². The number of hydrogen-bond acceptors (Lipinski definition) is 8. The van der Waals surface area contributed by atoms with Crippen molar-refractivity contribution in [1.82, 2.24) is 0 Å². The molecule has 0 aromatic carbocycles. The van der Waals surface area contributed by atoms with Crippen molar-refractivity contribution in [2.24, 2.45) is 0 Å². The second kappa shape index (κ2) is 79.5. The highest BCUT2D eigenvalue weighted by Gasteiger charge is 2.22. The Bertz CT molecular complexity index is 2110. The molecule has 0 N–H and O–H groups in total. The van der Waals surface area contributed by atoms with E-state index in [4.69, 9.17) is 18.5 Å². The van der Waals surface area contributed by atoms with E-state index < -0.39 is 26.5 Å². The number of hydrogen-bond donors (Lipinski definition) is 0. The van der Waals surface area contributed by atoms with Crippen LogP contribution in [-0.4, -0.2) is 70.0 Å². The van der Waals surface area contributed by atoms with Crippen LogP contribution in [0.4, 0.5) is 0 Å². The van der Waals surface area contributed by atoms with Gasteiger partial charge in [0.05, 0.1) is 27.7 Å². The van der Waals surface area contributed by atoms with Gasteiger partial charge in [-0.25, -0.2) is 0 Å². The number of phosphoric acid groups is 1. The van der Waals surface area contributed by atoms with Gasteiger partial charge >= 0.3 is 11.9 Å². The Kier molecular flexibility index (Phi) is 76.7. The molecule has 0 saturated heterocycles. The number of esters is 2. The standard InChI is InChI=1S/C90H160NO8P/c1-6-8-10-12-14-16-18-20-22-24-26-28-30-32-34-36-38-40-42-43-44-45-46-47-49-50-52-54-56-58-60-62-64-66-68-70-72-74-76-78-80-82-89(92)96-86-88(87-98-100(94,95)97-85-84-91(3,4)5)99-90(93)83-81-79-77-75-73-71-69-67-65-63-61-59-57-55-53-51-48-41-39-37-35-33-31-29-27-25-23-21-19-17-15-13-11-9-7-2/h9,11,15,17,21,23,27,29,33,35,39,41,51,53,57,59,63,65,69,71,88H,6-8,10,12-14,16,18-20,22,24-26,28,30-32,34,36-38,40,42-50,52,54-56,58,60-62,64,66-68,70,72-87H2,1-5H3/b11-9-,17-15-,23-21-,29-27-,35-33-,41-39-,53-51-,59-57-,65-63-,71-69-. The molecular formula is C90H160NO8P. The van der Waals surface area contributed by atoms with Crippen molar-refractivity contribution in [3.05, 3.63) is 122 Å². The van der Waals surface area contributed by atoms with Crippen LogP contribution in [0.15, 0.2) is 122 Å². The van der Waals surface area contributed by atoms with E-state index >= 15 is 0 Å². The number of likely N-dealkylation sites (N-methyl/N-ethyl adjacent to an activating group) is 1. The molecule has 9 nitrogen and oxygen atoms in total. The summed E-state index contributed by atoms with van der Waals surface area (Å²) in [7, 11) is 1.15. The largest absolute Gasteiger partial charge is 0.756 e. The predicted molar refractivity (Wildman–Crippen MR) is 434 cm³/mol. The zero-order chi connectivity index (χ0) is 72.5. The lowest BCUT2D eigenvalue weighted by atomic mass is 10.0. The van der Waals surface area contributed by atoms with Gasteiger partial charge in [-0.1, -0.05) is 405 Å². The van der Waals surface area contributed by atoms with Crippen molar-refractivity contribution in [1.29, 1.82) is 0 Å². The molecular weight excluding hydrogens is 1250 g/mol. The van der Waals surface area contributed by atoms with E-state index in [2.05, 4.69) is 135 Å². The number of phosphoric ester groups is 1. The third kappa shape index (κ3) is 83.4. The molecule has 578 valence electrons. The van der Waals surface area contributed by atoms with Crippen LogP contribution in [0, 0.1) is 0 Å². The third-order valence-corrected chi connectivity index (χ3v) is 19.5. The molecule has 0 saturated carbocycles. The second-order valence-corrected chi connectivity index (χ2v) is 30.9. The minimum atomic E-state index is -4.66. The van der Waals surface area contributed by atoms with E-state index in [0.717, 1.165) is 109 Å². The van der Waals surface area contributed by atoms with Gasteiger partial charge in [-0.2, -0.15) is 0 Å². The summed E-state index contributed by atoms with van der Waals surface area (Å²) in [6, 6.07) is 0. The van der Waals surface area contributed by atoms with Gasteiger partial charge in [0.1, 0.15) is 19.8 Å². The maximum absolute atomic E-state index is 12.9. The molecule has 0 aromatic heterocycles. The lowest BCUT2D eigenvalue weighted by Gasteiger charge is -2.28. The molecule has 0 spiro atoms. The maximum Gasteiger partial charge on any atom is 0.306 e. The topological polar surface area (TPSA) is 111 Å². The van der Waals surface area contributed by atoms with Crippen LogP contribution < -0.4 is 4.89 Å². The van der Waals surface area contributed by atoms with E-state index in [1.807, 2.05) is 21.1 Å². The Balaban J connectivity index is 3.98. The molecule has 0 aliphatic rings. The normalized spacial score (nSPS) is 13.6. The first kappa shape index (κ1) is 96.4. The summed E-state index contributed by atoms with van der Waals surface area (Å²) in [6.45, 7) is 4.14. The monoisotopic (exact) mass is 1410 g/mol. The van der Waals surface area contributed by atoms with Gasteiger partial charge in [-0.3, -0.25) is 14.2 Å². The predicted octanol–water partition coefficient (Wildman–Crippen LogP) is 27.9. The Morgan fingerprint density at radius 3 is 0.850 bits per heavy atom. The van der Waals surface area contributed by atoms with Crippen LogP contribution in [0.1, 0.15) is 386 Å². The van der Waals surface area contributed by atoms with Crippen LogP contribution in [0.2, 0.25) is 0 Å².